The van der Waals surface area contributed by atoms with E-state index in [1.165, 1.54) is 19.4 Å². The van der Waals surface area contributed by atoms with E-state index >= 15 is 0 Å². The standard InChI is InChI=1S/C14H29N3O2/c1-5-19-13(18)14(2,15)8-10-16(3)11-12-7-6-9-17(12)4/h12H,5-11,15H2,1-4H3. The van der Waals surface area contributed by atoms with E-state index in [4.69, 9.17) is 10.5 Å². The number of hydrogen-bond acceptors (Lipinski definition) is 5. The van der Waals surface area contributed by atoms with Gasteiger partial charge >= 0.3 is 5.97 Å². The van der Waals surface area contributed by atoms with Crippen molar-refractivity contribution in [2.75, 3.05) is 40.3 Å². The van der Waals surface area contributed by atoms with Gasteiger partial charge in [-0.25, -0.2) is 0 Å². The Labute approximate surface area is 117 Å². The average molecular weight is 271 g/mol. The van der Waals surface area contributed by atoms with Crippen LogP contribution in [0.25, 0.3) is 0 Å². The van der Waals surface area contributed by atoms with Crippen LogP contribution in [0.15, 0.2) is 0 Å². The fourth-order valence-corrected chi connectivity index (χ4v) is 2.48. The van der Waals surface area contributed by atoms with Crippen molar-refractivity contribution in [3.63, 3.8) is 0 Å². The summed E-state index contributed by atoms with van der Waals surface area (Å²) in [6.07, 6.45) is 3.17. The zero-order valence-corrected chi connectivity index (χ0v) is 12.8. The van der Waals surface area contributed by atoms with Gasteiger partial charge in [0.2, 0.25) is 0 Å². The topological polar surface area (TPSA) is 58.8 Å². The number of likely N-dealkylation sites (tertiary alicyclic amines) is 1. The molecule has 0 aliphatic carbocycles. The maximum Gasteiger partial charge on any atom is 0.325 e. The van der Waals surface area contributed by atoms with Gasteiger partial charge < -0.3 is 20.3 Å². The molecule has 0 spiro atoms. The molecule has 0 amide bonds. The van der Waals surface area contributed by atoms with Crippen molar-refractivity contribution in [1.82, 2.24) is 9.80 Å². The third kappa shape index (κ3) is 5.09. The van der Waals surface area contributed by atoms with Gasteiger partial charge in [-0.3, -0.25) is 4.79 Å². The number of carbonyl (C=O) groups excluding carboxylic acids is 1. The second kappa shape index (κ2) is 7.22. The van der Waals surface area contributed by atoms with Crippen LogP contribution < -0.4 is 5.73 Å². The van der Waals surface area contributed by atoms with E-state index in [1.807, 2.05) is 0 Å². The van der Waals surface area contributed by atoms with Crippen molar-refractivity contribution in [3.8, 4) is 0 Å². The molecule has 2 atom stereocenters. The average Bonchev–Trinajstić information content (AvgIpc) is 2.73. The Hall–Kier alpha value is -0.650. The van der Waals surface area contributed by atoms with E-state index < -0.39 is 5.54 Å². The van der Waals surface area contributed by atoms with Crippen LogP contribution in [0.3, 0.4) is 0 Å². The molecule has 0 aromatic rings. The highest BCUT2D eigenvalue weighted by molar-refractivity contribution is 5.79. The largest absolute Gasteiger partial charge is 0.465 e. The van der Waals surface area contributed by atoms with E-state index in [-0.39, 0.29) is 5.97 Å². The molecule has 1 aliphatic heterocycles. The maximum atomic E-state index is 11.7. The first-order valence-corrected chi connectivity index (χ1v) is 7.21. The predicted molar refractivity (Wildman–Crippen MR) is 77.0 cm³/mol. The Bertz CT molecular complexity index is 294. The fourth-order valence-electron chi connectivity index (χ4n) is 2.48. The summed E-state index contributed by atoms with van der Waals surface area (Å²) in [6.45, 7) is 6.98. The number of nitrogens with zero attached hydrogens (tertiary/aromatic N) is 2. The monoisotopic (exact) mass is 271 g/mol. The van der Waals surface area contributed by atoms with Crippen molar-refractivity contribution < 1.29 is 9.53 Å². The van der Waals surface area contributed by atoms with E-state index in [1.54, 1.807) is 13.8 Å². The lowest BCUT2D eigenvalue weighted by molar-refractivity contribution is -0.149. The van der Waals surface area contributed by atoms with Gasteiger partial charge in [0.05, 0.1) is 6.61 Å². The molecule has 1 saturated heterocycles. The van der Waals surface area contributed by atoms with Gasteiger partial charge in [-0.05, 0) is 53.8 Å². The summed E-state index contributed by atoms with van der Waals surface area (Å²) in [5.74, 6) is -0.304. The van der Waals surface area contributed by atoms with Crippen LogP contribution in [0.5, 0.6) is 0 Å². The van der Waals surface area contributed by atoms with Crippen molar-refractivity contribution in [1.29, 1.82) is 0 Å². The number of carbonyl (C=O) groups is 1. The molecule has 1 rings (SSSR count). The molecule has 5 nitrogen and oxygen atoms in total. The molecular weight excluding hydrogens is 242 g/mol. The van der Waals surface area contributed by atoms with Gasteiger partial charge in [0, 0.05) is 19.1 Å². The highest BCUT2D eigenvalue weighted by Gasteiger charge is 2.30. The Morgan fingerprint density at radius 3 is 2.79 bits per heavy atom. The lowest BCUT2D eigenvalue weighted by Crippen LogP contribution is -2.49. The summed E-state index contributed by atoms with van der Waals surface area (Å²) in [7, 11) is 4.27. The second-order valence-corrected chi connectivity index (χ2v) is 5.93. The highest BCUT2D eigenvalue weighted by atomic mass is 16.5. The summed E-state index contributed by atoms with van der Waals surface area (Å²) in [5.41, 5.74) is 5.14. The van der Waals surface area contributed by atoms with E-state index in [2.05, 4.69) is 23.9 Å². The Balaban J connectivity index is 2.32. The lowest BCUT2D eigenvalue weighted by atomic mass is 9.99. The van der Waals surface area contributed by atoms with Crippen LogP contribution in [-0.2, 0) is 9.53 Å². The summed E-state index contributed by atoms with van der Waals surface area (Å²) in [6, 6.07) is 0.636. The number of ether oxygens (including phenoxy) is 1. The van der Waals surface area contributed by atoms with Gasteiger partial charge in [0.25, 0.3) is 0 Å². The number of esters is 1. The van der Waals surface area contributed by atoms with Crippen LogP contribution in [0.4, 0.5) is 0 Å². The number of rotatable bonds is 7. The molecule has 19 heavy (non-hydrogen) atoms. The number of nitrogens with two attached hydrogens (primary N) is 1. The zero-order chi connectivity index (χ0) is 14.5. The first kappa shape index (κ1) is 16.4. The van der Waals surface area contributed by atoms with Crippen LogP contribution in [-0.4, -0.2) is 67.7 Å². The van der Waals surface area contributed by atoms with Gasteiger partial charge in [0.1, 0.15) is 5.54 Å². The molecule has 2 unspecified atom stereocenters. The minimum atomic E-state index is -0.883. The summed E-state index contributed by atoms with van der Waals surface area (Å²) in [4.78, 5) is 16.4. The molecule has 1 fully saturated rings. The quantitative estimate of drug-likeness (QED) is 0.690. The number of hydrogen-bond donors (Lipinski definition) is 1. The molecule has 112 valence electrons. The molecule has 0 saturated carbocycles. The van der Waals surface area contributed by atoms with Crippen LogP contribution >= 0.6 is 0 Å². The summed E-state index contributed by atoms with van der Waals surface area (Å²) < 4.78 is 5.00. The normalized spacial score (nSPS) is 23.6. The molecule has 0 bridgehead atoms. The van der Waals surface area contributed by atoms with Gasteiger partial charge in [-0.1, -0.05) is 0 Å². The third-order valence-electron chi connectivity index (χ3n) is 3.95. The molecule has 0 aromatic heterocycles. The molecule has 2 N–H and O–H groups in total. The molecule has 1 heterocycles. The van der Waals surface area contributed by atoms with Crippen molar-refractivity contribution in [2.45, 2.75) is 44.7 Å². The first-order valence-electron chi connectivity index (χ1n) is 7.21. The first-order chi connectivity index (χ1) is 8.86. The van der Waals surface area contributed by atoms with E-state index in [0.29, 0.717) is 19.1 Å². The van der Waals surface area contributed by atoms with Gasteiger partial charge in [-0.15, -0.1) is 0 Å². The third-order valence-corrected chi connectivity index (χ3v) is 3.95. The molecule has 0 radical (unpaired) electrons. The molecule has 1 aliphatic rings. The molecule has 0 aromatic carbocycles. The van der Waals surface area contributed by atoms with Gasteiger partial charge in [0.15, 0.2) is 0 Å². The second-order valence-electron chi connectivity index (χ2n) is 5.93. The minimum absolute atomic E-state index is 0.304. The Morgan fingerprint density at radius 1 is 1.58 bits per heavy atom. The van der Waals surface area contributed by atoms with E-state index in [9.17, 15) is 4.79 Å². The molecule has 5 heteroatoms. The fraction of sp³-hybridized carbons (Fsp3) is 0.929. The summed E-state index contributed by atoms with van der Waals surface area (Å²) >= 11 is 0. The Kier molecular flexibility index (Phi) is 6.23. The highest BCUT2D eigenvalue weighted by Crippen LogP contribution is 2.16. The molecular formula is C14H29N3O2. The minimum Gasteiger partial charge on any atom is -0.465 e. The zero-order valence-electron chi connectivity index (χ0n) is 12.8. The van der Waals surface area contributed by atoms with Crippen LogP contribution in [0.2, 0.25) is 0 Å². The SMILES string of the molecule is CCOC(=O)C(C)(N)CCN(C)CC1CCCN1C. The summed E-state index contributed by atoms with van der Waals surface area (Å²) in [5, 5.41) is 0. The van der Waals surface area contributed by atoms with E-state index in [0.717, 1.165) is 13.1 Å². The van der Waals surface area contributed by atoms with Crippen molar-refractivity contribution in [2.24, 2.45) is 5.73 Å². The van der Waals surface area contributed by atoms with Gasteiger partial charge in [-0.2, -0.15) is 0 Å². The van der Waals surface area contributed by atoms with Crippen LogP contribution in [0, 0.1) is 0 Å². The lowest BCUT2D eigenvalue weighted by Gasteiger charge is -2.29. The smallest absolute Gasteiger partial charge is 0.325 e. The van der Waals surface area contributed by atoms with Crippen molar-refractivity contribution >= 4 is 5.97 Å². The predicted octanol–water partition coefficient (Wildman–Crippen LogP) is 0.683. The maximum absolute atomic E-state index is 11.7. The number of likely N-dealkylation sites (N-methyl/N-ethyl adjacent to an activating group) is 2. The van der Waals surface area contributed by atoms with Crippen molar-refractivity contribution in [3.05, 3.63) is 0 Å². The van der Waals surface area contributed by atoms with Crippen LogP contribution in [0.1, 0.15) is 33.1 Å². The Morgan fingerprint density at radius 2 is 2.26 bits per heavy atom.